The summed E-state index contributed by atoms with van der Waals surface area (Å²) >= 11 is 2.03. The summed E-state index contributed by atoms with van der Waals surface area (Å²) < 4.78 is 18.1. The molecule has 0 saturated carbocycles. The number of benzene rings is 2. The molecular formula is C38H45NO8S. The zero-order valence-electron chi connectivity index (χ0n) is 27.3. The van der Waals surface area contributed by atoms with Crippen LogP contribution in [0.5, 0.6) is 11.5 Å². The summed E-state index contributed by atoms with van der Waals surface area (Å²) in [5.41, 5.74) is 5.78. The molecule has 48 heavy (non-hydrogen) atoms. The quantitative estimate of drug-likeness (QED) is 0.202. The van der Waals surface area contributed by atoms with E-state index in [-0.39, 0.29) is 10.3 Å². The molecule has 2 aromatic carbocycles. The summed E-state index contributed by atoms with van der Waals surface area (Å²) in [6.07, 6.45) is 8.53. The van der Waals surface area contributed by atoms with Crippen LogP contribution in [0.1, 0.15) is 69.4 Å². The number of carbonyl (C=O) groups is 1. The van der Waals surface area contributed by atoms with Crippen molar-refractivity contribution < 1.29 is 39.4 Å². The molecule has 0 spiro atoms. The lowest BCUT2D eigenvalue weighted by Crippen LogP contribution is -2.60. The van der Waals surface area contributed by atoms with Crippen molar-refractivity contribution in [3.8, 4) is 11.5 Å². The molecule has 4 N–H and O–H groups in total. The Kier molecular flexibility index (Phi) is 9.49. The van der Waals surface area contributed by atoms with E-state index in [0.29, 0.717) is 17.9 Å². The third-order valence-corrected chi connectivity index (χ3v) is 12.4. The van der Waals surface area contributed by atoms with Gasteiger partial charge < -0.3 is 44.3 Å². The van der Waals surface area contributed by atoms with E-state index in [2.05, 4.69) is 54.3 Å². The Balaban J connectivity index is 1.19. The average Bonchev–Trinajstić information content (AvgIpc) is 3.33. The van der Waals surface area contributed by atoms with Crippen molar-refractivity contribution in [2.45, 2.75) is 99.3 Å². The van der Waals surface area contributed by atoms with Gasteiger partial charge in [-0.05, 0) is 91.3 Å². The fourth-order valence-electron chi connectivity index (χ4n) is 8.10. The number of para-hydroxylation sites is 1. The van der Waals surface area contributed by atoms with Gasteiger partial charge in [-0.3, -0.25) is 0 Å². The van der Waals surface area contributed by atoms with Crippen LogP contribution in [0.3, 0.4) is 0 Å². The fourth-order valence-corrected chi connectivity index (χ4v) is 9.72. The number of hydrogen-bond donors (Lipinski definition) is 4. The van der Waals surface area contributed by atoms with Gasteiger partial charge in [-0.15, -0.1) is 11.8 Å². The van der Waals surface area contributed by atoms with Crippen molar-refractivity contribution in [1.82, 2.24) is 0 Å². The van der Waals surface area contributed by atoms with Crippen molar-refractivity contribution in [2.75, 3.05) is 23.8 Å². The summed E-state index contributed by atoms with van der Waals surface area (Å²) in [6.45, 7) is 2.87. The van der Waals surface area contributed by atoms with Gasteiger partial charge in [-0.25, -0.2) is 0 Å². The number of hydrogen-bond acceptors (Lipinski definition) is 10. The minimum atomic E-state index is -1.52. The Morgan fingerprint density at radius 2 is 1.92 bits per heavy atom. The maximum Gasteiger partial charge on any atom is 0.229 e. The number of fused-ring (bicyclic) bond motifs is 5. The lowest BCUT2D eigenvalue weighted by Gasteiger charge is -2.50. The van der Waals surface area contributed by atoms with Crippen LogP contribution in [-0.4, -0.2) is 81.2 Å². The predicted octanol–water partition coefficient (Wildman–Crippen LogP) is 5.01. The summed E-state index contributed by atoms with van der Waals surface area (Å²) in [5, 5.41) is 40.4. The highest BCUT2D eigenvalue weighted by atomic mass is 32.2. The molecule has 9 nitrogen and oxygen atoms in total. The highest BCUT2D eigenvalue weighted by Gasteiger charge is 2.58. The standard InChI is InChI=1S/C38H45NO8S/c1-37(16-5-2-6-19-40)28-11-3-4-12-29(28)39-18-8-20-48-38(37,39)17-15-24-9-7-10-26-21-25-13-14-27(22-30(25)46-35(24)26)45-36-34(44)33(43)32(42)31(23-41)47-36/h3-4,11-15,17,19,21-22,31-34,36,41-44H,2,5-10,16,18,20,23H2,1H3/b17-15+. The first-order valence-corrected chi connectivity index (χ1v) is 18.2. The summed E-state index contributed by atoms with van der Waals surface area (Å²) in [6, 6.07) is 14.2. The number of unbranched alkanes of at least 4 members (excludes halogenated alkanes) is 2. The molecule has 4 aliphatic heterocycles. The van der Waals surface area contributed by atoms with Gasteiger partial charge in [-0.2, -0.15) is 0 Å². The van der Waals surface area contributed by atoms with Gasteiger partial charge in [0.2, 0.25) is 6.29 Å². The number of aliphatic hydroxyl groups excluding tert-OH is 4. The summed E-state index contributed by atoms with van der Waals surface area (Å²) in [5.74, 6) is 2.92. The molecule has 1 aliphatic carbocycles. The molecule has 7 rings (SSSR count). The number of ether oxygens (including phenoxy) is 3. The van der Waals surface area contributed by atoms with Crippen LogP contribution in [0.15, 0.2) is 71.5 Å². The maximum atomic E-state index is 11.1. The maximum absolute atomic E-state index is 11.1. The minimum absolute atomic E-state index is 0.136. The van der Waals surface area contributed by atoms with Crippen LogP contribution in [-0.2, 0) is 14.9 Å². The Hall–Kier alpha value is -3.12. The smallest absolute Gasteiger partial charge is 0.229 e. The molecule has 7 unspecified atom stereocenters. The highest BCUT2D eigenvalue weighted by Crippen LogP contribution is 2.61. The lowest BCUT2D eigenvalue weighted by molar-refractivity contribution is -0.277. The lowest BCUT2D eigenvalue weighted by atomic mass is 9.73. The second kappa shape index (κ2) is 13.7. The van der Waals surface area contributed by atoms with Gasteiger partial charge in [0, 0.05) is 35.7 Å². The van der Waals surface area contributed by atoms with Gasteiger partial charge in [-0.1, -0.05) is 37.6 Å². The number of nitrogens with zero attached hydrogens (tertiary/aromatic N) is 1. The van der Waals surface area contributed by atoms with Gasteiger partial charge >= 0.3 is 0 Å². The van der Waals surface area contributed by atoms with E-state index in [1.165, 1.54) is 11.3 Å². The van der Waals surface area contributed by atoms with Gasteiger partial charge in [0.05, 0.1) is 6.61 Å². The van der Waals surface area contributed by atoms with Crippen molar-refractivity contribution in [3.05, 3.63) is 82.6 Å². The Bertz CT molecular complexity index is 1620. The van der Waals surface area contributed by atoms with Crippen molar-refractivity contribution in [2.24, 2.45) is 0 Å². The van der Waals surface area contributed by atoms with Crippen molar-refractivity contribution in [1.29, 1.82) is 0 Å². The molecule has 0 amide bonds. The number of anilines is 1. The molecule has 7 atom stereocenters. The topological polar surface area (TPSA) is 129 Å². The normalized spacial score (nSPS) is 32.6. The first kappa shape index (κ1) is 33.4. The Morgan fingerprint density at radius 3 is 2.75 bits per heavy atom. The van der Waals surface area contributed by atoms with E-state index >= 15 is 0 Å². The number of allylic oxidation sites excluding steroid dienone is 3. The zero-order chi connectivity index (χ0) is 33.5. The third kappa shape index (κ3) is 5.70. The van der Waals surface area contributed by atoms with Crippen molar-refractivity contribution >= 4 is 29.8 Å². The van der Waals surface area contributed by atoms with Crippen LogP contribution in [0.25, 0.3) is 6.08 Å². The van der Waals surface area contributed by atoms with Gasteiger partial charge in [0.15, 0.2) is 0 Å². The number of rotatable bonds is 10. The van der Waals surface area contributed by atoms with Gasteiger partial charge in [0.1, 0.15) is 52.8 Å². The minimum Gasteiger partial charge on any atom is -0.462 e. The number of carbonyl (C=O) groups excluding carboxylic acids is 1. The largest absolute Gasteiger partial charge is 0.462 e. The monoisotopic (exact) mass is 675 g/mol. The third-order valence-electron chi connectivity index (χ3n) is 10.7. The van der Waals surface area contributed by atoms with E-state index in [1.54, 1.807) is 12.1 Å². The Labute approximate surface area is 285 Å². The first-order chi connectivity index (χ1) is 23.3. The van der Waals surface area contributed by atoms with Crippen LogP contribution >= 0.6 is 11.8 Å². The van der Waals surface area contributed by atoms with E-state index in [4.69, 9.17) is 14.2 Å². The molecule has 0 bridgehead atoms. The average molecular weight is 676 g/mol. The van der Waals surface area contributed by atoms with Crippen LogP contribution < -0.4 is 14.4 Å². The first-order valence-electron chi connectivity index (χ1n) is 17.2. The van der Waals surface area contributed by atoms with E-state index in [0.717, 1.165) is 86.0 Å². The van der Waals surface area contributed by atoms with E-state index in [9.17, 15) is 25.2 Å². The van der Waals surface area contributed by atoms with Gasteiger partial charge in [0.25, 0.3) is 0 Å². The van der Waals surface area contributed by atoms with Crippen LogP contribution in [0.4, 0.5) is 5.69 Å². The van der Waals surface area contributed by atoms with E-state index in [1.807, 2.05) is 17.8 Å². The SMILES string of the molecule is CC1(CCCCC=O)c2ccccc2N2CCCSC21/C=C/C1=C2Oc3cc(OC4OC(CO)C(O)C(O)C4O)ccc3C=C2CCC1. The summed E-state index contributed by atoms with van der Waals surface area (Å²) in [7, 11) is 0. The van der Waals surface area contributed by atoms with E-state index < -0.39 is 37.3 Å². The molecule has 0 aromatic heterocycles. The summed E-state index contributed by atoms with van der Waals surface area (Å²) in [4.78, 5) is 13.5. The Morgan fingerprint density at radius 1 is 1.06 bits per heavy atom. The number of thioether (sulfide) groups is 1. The highest BCUT2D eigenvalue weighted by molar-refractivity contribution is 8.01. The molecule has 5 aliphatic rings. The fraction of sp³-hybridized carbons (Fsp3) is 0.500. The van der Waals surface area contributed by atoms with Crippen molar-refractivity contribution in [3.63, 3.8) is 0 Å². The molecule has 2 aromatic rings. The number of aliphatic hydroxyl groups is 4. The molecule has 4 heterocycles. The van der Waals surface area contributed by atoms with Crippen LogP contribution in [0.2, 0.25) is 0 Å². The predicted molar refractivity (Wildman–Crippen MR) is 185 cm³/mol. The second-order valence-electron chi connectivity index (χ2n) is 13.6. The molecule has 256 valence electrons. The second-order valence-corrected chi connectivity index (χ2v) is 15.0. The molecule has 0 radical (unpaired) electrons. The van der Waals surface area contributed by atoms with Crippen LogP contribution in [0, 0.1) is 0 Å². The zero-order valence-corrected chi connectivity index (χ0v) is 28.1. The molecule has 10 heteroatoms. The molecule has 2 fully saturated rings. The molecule has 2 saturated heterocycles. The molecular weight excluding hydrogens is 630 g/mol. The number of aldehydes is 1.